The van der Waals surface area contributed by atoms with Gasteiger partial charge in [0, 0.05) is 30.8 Å². The van der Waals surface area contributed by atoms with Gasteiger partial charge in [-0.15, -0.1) is 0 Å². The maximum absolute atomic E-state index is 13.9. The van der Waals surface area contributed by atoms with Crippen molar-refractivity contribution in [2.45, 2.75) is 35.9 Å². The molecular weight excluding hydrogens is 650 g/mol. The highest BCUT2D eigenvalue weighted by Crippen LogP contribution is 2.37. The summed E-state index contributed by atoms with van der Waals surface area (Å²) in [5.41, 5.74) is -2.08. The molecule has 1 aliphatic rings. The van der Waals surface area contributed by atoms with Crippen molar-refractivity contribution in [1.29, 1.82) is 5.26 Å². The summed E-state index contributed by atoms with van der Waals surface area (Å²) in [6.45, 7) is -0.179. The molecule has 5 rings (SSSR count). The van der Waals surface area contributed by atoms with Gasteiger partial charge in [-0.05, 0) is 84.0 Å². The lowest BCUT2D eigenvalue weighted by Crippen LogP contribution is -2.54. The summed E-state index contributed by atoms with van der Waals surface area (Å²) in [4.78, 5) is 25.1. The van der Waals surface area contributed by atoms with E-state index < -0.39 is 50.6 Å². The SMILES string of the molecule is N#Cc1ccc(NC(=O)C(O)(Cc2cccc(-c3cccc(C=O)c3)c2)C2CCN(S(=O)(=O)c3ccc(F)cc3)CC2)cc1C(F)(F)F. The van der Waals surface area contributed by atoms with Gasteiger partial charge in [-0.1, -0.05) is 42.5 Å². The molecule has 1 saturated heterocycles. The van der Waals surface area contributed by atoms with Crippen LogP contribution < -0.4 is 5.32 Å². The molecule has 0 radical (unpaired) electrons. The number of piperidine rings is 1. The molecule has 0 aliphatic carbocycles. The molecule has 1 atom stereocenters. The topological polar surface area (TPSA) is 128 Å². The van der Waals surface area contributed by atoms with Crippen LogP contribution in [0, 0.1) is 23.1 Å². The molecule has 248 valence electrons. The van der Waals surface area contributed by atoms with Crippen molar-refractivity contribution in [3.05, 3.63) is 119 Å². The summed E-state index contributed by atoms with van der Waals surface area (Å²) < 4.78 is 82.0. The summed E-state index contributed by atoms with van der Waals surface area (Å²) in [6, 6.07) is 22.2. The molecule has 8 nitrogen and oxygen atoms in total. The minimum absolute atomic E-state index is 0.0204. The van der Waals surface area contributed by atoms with Crippen LogP contribution in [0.2, 0.25) is 0 Å². The van der Waals surface area contributed by atoms with Crippen LogP contribution in [0.25, 0.3) is 11.1 Å². The molecule has 13 heteroatoms. The second-order valence-corrected chi connectivity index (χ2v) is 13.4. The monoisotopic (exact) mass is 679 g/mol. The Balaban J connectivity index is 1.46. The highest BCUT2D eigenvalue weighted by molar-refractivity contribution is 7.89. The van der Waals surface area contributed by atoms with E-state index in [0.717, 1.165) is 36.4 Å². The van der Waals surface area contributed by atoms with E-state index in [2.05, 4.69) is 5.32 Å². The average molecular weight is 680 g/mol. The van der Waals surface area contributed by atoms with Crippen LogP contribution in [-0.2, 0) is 27.4 Å². The number of alkyl halides is 3. The van der Waals surface area contributed by atoms with Crippen molar-refractivity contribution in [2.75, 3.05) is 18.4 Å². The number of hydrogen-bond acceptors (Lipinski definition) is 6. The number of rotatable bonds is 9. The van der Waals surface area contributed by atoms with Crippen molar-refractivity contribution >= 4 is 27.9 Å². The van der Waals surface area contributed by atoms with Crippen LogP contribution in [-0.4, -0.2) is 48.7 Å². The zero-order chi connectivity index (χ0) is 34.7. The van der Waals surface area contributed by atoms with E-state index in [-0.39, 0.29) is 42.9 Å². The van der Waals surface area contributed by atoms with Crippen LogP contribution in [0.3, 0.4) is 0 Å². The Morgan fingerprint density at radius 2 is 1.60 bits per heavy atom. The first kappa shape index (κ1) is 34.4. The number of carbonyl (C=O) groups is 2. The van der Waals surface area contributed by atoms with Crippen LogP contribution in [0.1, 0.15) is 39.9 Å². The summed E-state index contributed by atoms with van der Waals surface area (Å²) in [5, 5.41) is 23.7. The van der Waals surface area contributed by atoms with Gasteiger partial charge >= 0.3 is 6.18 Å². The van der Waals surface area contributed by atoms with Crippen molar-refractivity contribution < 1.29 is 40.7 Å². The molecule has 48 heavy (non-hydrogen) atoms. The highest BCUT2D eigenvalue weighted by Gasteiger charge is 2.46. The number of halogens is 4. The predicted molar refractivity (Wildman–Crippen MR) is 169 cm³/mol. The largest absolute Gasteiger partial charge is 0.417 e. The molecule has 0 aromatic heterocycles. The number of nitrogens with zero attached hydrogens (tertiary/aromatic N) is 2. The number of carbonyl (C=O) groups excluding carboxylic acids is 2. The predicted octanol–water partition coefficient (Wildman–Crippen LogP) is 6.21. The van der Waals surface area contributed by atoms with Crippen molar-refractivity contribution in [1.82, 2.24) is 4.31 Å². The molecule has 1 fully saturated rings. The minimum atomic E-state index is -4.88. The van der Waals surface area contributed by atoms with E-state index in [9.17, 15) is 40.7 Å². The van der Waals surface area contributed by atoms with E-state index in [1.54, 1.807) is 48.5 Å². The molecule has 0 bridgehead atoms. The van der Waals surface area contributed by atoms with E-state index in [4.69, 9.17) is 5.26 Å². The summed E-state index contributed by atoms with van der Waals surface area (Å²) in [5.74, 6) is -2.44. The Bertz CT molecular complexity index is 1990. The zero-order valence-electron chi connectivity index (χ0n) is 25.2. The molecule has 1 heterocycles. The average Bonchev–Trinajstić information content (AvgIpc) is 3.08. The van der Waals surface area contributed by atoms with Crippen molar-refractivity contribution in [3.63, 3.8) is 0 Å². The number of hydrogen-bond donors (Lipinski definition) is 2. The molecule has 2 N–H and O–H groups in total. The van der Waals surface area contributed by atoms with Crippen LogP contribution in [0.4, 0.5) is 23.2 Å². The number of nitrogens with one attached hydrogen (secondary N) is 1. The van der Waals surface area contributed by atoms with Gasteiger partial charge in [-0.3, -0.25) is 9.59 Å². The first-order chi connectivity index (χ1) is 22.7. The third-order valence-corrected chi connectivity index (χ3v) is 10.3. The molecule has 0 saturated carbocycles. The fourth-order valence-corrected chi connectivity index (χ4v) is 7.37. The van der Waals surface area contributed by atoms with Gasteiger partial charge in [-0.2, -0.15) is 22.7 Å². The van der Waals surface area contributed by atoms with Crippen LogP contribution >= 0.6 is 0 Å². The fraction of sp³-hybridized carbons (Fsp3) is 0.229. The van der Waals surface area contributed by atoms with Gasteiger partial charge in [0.2, 0.25) is 10.0 Å². The van der Waals surface area contributed by atoms with Gasteiger partial charge in [0.05, 0.1) is 22.1 Å². The maximum atomic E-state index is 13.9. The highest BCUT2D eigenvalue weighted by atomic mass is 32.2. The van der Waals surface area contributed by atoms with Gasteiger partial charge in [-0.25, -0.2) is 12.8 Å². The number of nitriles is 1. The normalized spacial score (nSPS) is 15.7. The second kappa shape index (κ2) is 13.7. The fourth-order valence-electron chi connectivity index (χ4n) is 5.90. The van der Waals surface area contributed by atoms with Crippen LogP contribution in [0.5, 0.6) is 0 Å². The standard InChI is InChI=1S/C35H29F4N3O5S/c36-29-8-11-31(12-9-29)48(46,47)42-15-13-28(14-16-42)34(45,33(44)41-30-10-7-27(21-40)32(19-30)35(37,38)39)20-23-3-1-5-25(17-23)26-6-2-4-24(18-26)22-43/h1-12,17-19,22,28,45H,13-16,20H2,(H,41,44). The van der Waals surface area contributed by atoms with Crippen molar-refractivity contribution in [2.24, 2.45) is 5.92 Å². The van der Waals surface area contributed by atoms with Crippen molar-refractivity contribution in [3.8, 4) is 17.2 Å². The first-order valence-corrected chi connectivity index (χ1v) is 16.2. The summed E-state index contributed by atoms with van der Waals surface area (Å²) >= 11 is 0. The molecule has 1 amide bonds. The lowest BCUT2D eigenvalue weighted by molar-refractivity contribution is -0.142. The number of aliphatic hydroxyl groups is 1. The molecule has 1 unspecified atom stereocenters. The Morgan fingerprint density at radius 3 is 2.23 bits per heavy atom. The number of benzene rings is 4. The smallest absolute Gasteiger partial charge is 0.379 e. The third kappa shape index (κ3) is 7.31. The van der Waals surface area contributed by atoms with E-state index in [0.29, 0.717) is 34.6 Å². The Hall–Kier alpha value is -4.90. The van der Waals surface area contributed by atoms with Gasteiger partial charge < -0.3 is 10.4 Å². The van der Waals surface area contributed by atoms with E-state index >= 15 is 0 Å². The van der Waals surface area contributed by atoms with E-state index in [1.807, 2.05) is 0 Å². The zero-order valence-corrected chi connectivity index (χ0v) is 26.1. The summed E-state index contributed by atoms with van der Waals surface area (Å²) in [7, 11) is -4.02. The Morgan fingerprint density at radius 1 is 0.958 bits per heavy atom. The third-order valence-electron chi connectivity index (χ3n) is 8.43. The van der Waals surface area contributed by atoms with Gasteiger partial charge in [0.25, 0.3) is 5.91 Å². The molecular formula is C35H29F4N3O5S. The number of anilines is 1. The van der Waals surface area contributed by atoms with Gasteiger partial charge in [0.15, 0.2) is 0 Å². The minimum Gasteiger partial charge on any atom is -0.379 e. The van der Waals surface area contributed by atoms with E-state index in [1.165, 1.54) is 10.4 Å². The maximum Gasteiger partial charge on any atom is 0.417 e. The number of amides is 1. The second-order valence-electron chi connectivity index (χ2n) is 11.5. The lowest BCUT2D eigenvalue weighted by atomic mass is 9.76. The number of aldehydes is 1. The Labute approximate surface area is 274 Å². The molecule has 1 aliphatic heterocycles. The molecule has 4 aromatic carbocycles. The van der Waals surface area contributed by atoms with Crippen LogP contribution in [0.15, 0.2) is 95.9 Å². The first-order valence-electron chi connectivity index (χ1n) is 14.8. The Kier molecular flexibility index (Phi) is 9.81. The quantitative estimate of drug-likeness (QED) is 0.160. The summed E-state index contributed by atoms with van der Waals surface area (Å²) in [6.07, 6.45) is -4.42. The van der Waals surface area contributed by atoms with Gasteiger partial charge in [0.1, 0.15) is 17.7 Å². The lowest BCUT2D eigenvalue weighted by Gasteiger charge is -2.40. The number of sulfonamides is 1. The molecule has 4 aromatic rings. The molecule has 0 spiro atoms.